The predicted molar refractivity (Wildman–Crippen MR) is 343 cm³/mol. The second kappa shape index (κ2) is 66.6. The first-order valence-corrected chi connectivity index (χ1v) is 33.4. The minimum atomic E-state index is -0.809. The van der Waals surface area contributed by atoms with Gasteiger partial charge in [-0.15, -0.1) is 0 Å². The largest absolute Gasteiger partial charge is 0.462 e. The summed E-state index contributed by atoms with van der Waals surface area (Å²) in [5.74, 6) is -0.964. The molecule has 0 aromatic heterocycles. The fourth-order valence-electron chi connectivity index (χ4n) is 9.29. The van der Waals surface area contributed by atoms with Crippen LogP contribution in [0.3, 0.4) is 0 Å². The highest BCUT2D eigenvalue weighted by atomic mass is 16.6. The standard InChI is InChI=1S/C73H124O6/c1-4-7-10-13-16-19-22-25-28-31-33-35-37-39-40-42-45-48-51-54-57-60-63-66-72(75)78-69-70(68-77-71(74)65-62-59-56-53-50-47-44-30-27-24-21-18-15-12-9-6-3)79-73(76)67-64-61-58-55-52-49-46-43-41-38-36-34-32-29-26-23-20-17-14-11-8-5-2/h7,10,16,19,21,24-25,28,30,33,35,39-40,44-45,48,54,57,70H,4-6,8-9,11-15,17-18,20,22-23,26-27,29,31-32,34,36-38,41-43,46-47,49-53,55-56,58-69H2,1-3H3/b10-7-,19-16-,24-21-,28-25-,35-33-,40-39-,44-30-,48-45-,57-54-. The molecule has 0 rings (SSSR count). The van der Waals surface area contributed by atoms with Crippen LogP contribution in [0.25, 0.3) is 0 Å². The third-order valence-corrected chi connectivity index (χ3v) is 14.3. The van der Waals surface area contributed by atoms with Gasteiger partial charge in [-0.05, 0) is 103 Å². The van der Waals surface area contributed by atoms with E-state index in [-0.39, 0.29) is 37.5 Å². The second-order valence-corrected chi connectivity index (χ2v) is 22.0. The third kappa shape index (κ3) is 64.8. The molecule has 0 spiro atoms. The van der Waals surface area contributed by atoms with E-state index in [9.17, 15) is 14.4 Å². The van der Waals surface area contributed by atoms with Crippen LogP contribution in [0, 0.1) is 0 Å². The summed E-state index contributed by atoms with van der Waals surface area (Å²) in [4.78, 5) is 38.4. The molecule has 79 heavy (non-hydrogen) atoms. The molecule has 6 nitrogen and oxygen atoms in total. The highest BCUT2D eigenvalue weighted by Crippen LogP contribution is 2.17. The van der Waals surface area contributed by atoms with E-state index in [0.717, 1.165) is 116 Å². The summed E-state index contributed by atoms with van der Waals surface area (Å²) in [5, 5.41) is 0. The number of carbonyl (C=O) groups is 3. The number of rotatable bonds is 60. The van der Waals surface area contributed by atoms with Gasteiger partial charge in [0.15, 0.2) is 6.10 Å². The summed E-state index contributed by atoms with van der Waals surface area (Å²) in [5.41, 5.74) is 0. The molecule has 0 radical (unpaired) electrons. The SMILES string of the molecule is CC/C=C\C/C=C\C/C=C\C/C=C\C/C=C\C/C=C\C/C=C\CCCC(=O)OCC(COC(=O)CCCCCCC/C=C\C/C=C\CCCCCC)OC(=O)CCCCCCCCCCCCCCCCCCCCCCCC. The predicted octanol–water partition coefficient (Wildman–Crippen LogP) is 23.0. The van der Waals surface area contributed by atoms with Gasteiger partial charge in [-0.25, -0.2) is 0 Å². The second-order valence-electron chi connectivity index (χ2n) is 22.0. The Morgan fingerprint density at radius 2 is 0.506 bits per heavy atom. The molecule has 0 amide bonds. The molecule has 1 atom stereocenters. The van der Waals surface area contributed by atoms with Crippen molar-refractivity contribution in [1.29, 1.82) is 0 Å². The maximum Gasteiger partial charge on any atom is 0.306 e. The van der Waals surface area contributed by atoms with Crippen molar-refractivity contribution in [3.63, 3.8) is 0 Å². The van der Waals surface area contributed by atoms with Gasteiger partial charge in [-0.1, -0.05) is 304 Å². The molecule has 6 heteroatoms. The minimum Gasteiger partial charge on any atom is -0.462 e. The smallest absolute Gasteiger partial charge is 0.306 e. The van der Waals surface area contributed by atoms with E-state index < -0.39 is 6.10 Å². The van der Waals surface area contributed by atoms with Crippen molar-refractivity contribution in [2.24, 2.45) is 0 Å². The van der Waals surface area contributed by atoms with Crippen molar-refractivity contribution in [1.82, 2.24) is 0 Å². The lowest BCUT2D eigenvalue weighted by Gasteiger charge is -2.18. The van der Waals surface area contributed by atoms with E-state index in [1.807, 2.05) is 0 Å². The lowest BCUT2D eigenvalue weighted by molar-refractivity contribution is -0.167. The Bertz CT molecular complexity index is 1590. The zero-order valence-corrected chi connectivity index (χ0v) is 51.9. The van der Waals surface area contributed by atoms with E-state index in [1.54, 1.807) is 0 Å². The van der Waals surface area contributed by atoms with Crippen molar-refractivity contribution < 1.29 is 28.6 Å². The van der Waals surface area contributed by atoms with Crippen LogP contribution in [0.2, 0.25) is 0 Å². The van der Waals surface area contributed by atoms with Crippen LogP contribution in [-0.2, 0) is 28.6 Å². The van der Waals surface area contributed by atoms with Crippen LogP contribution < -0.4 is 0 Å². The lowest BCUT2D eigenvalue weighted by atomic mass is 10.0. The van der Waals surface area contributed by atoms with Crippen molar-refractivity contribution in [3.05, 3.63) is 109 Å². The molecule has 0 aliphatic heterocycles. The van der Waals surface area contributed by atoms with Crippen molar-refractivity contribution >= 4 is 17.9 Å². The van der Waals surface area contributed by atoms with Gasteiger partial charge in [0.25, 0.3) is 0 Å². The van der Waals surface area contributed by atoms with Crippen LogP contribution in [0.4, 0.5) is 0 Å². The number of hydrogen-bond donors (Lipinski definition) is 0. The molecule has 0 aliphatic rings. The molecule has 0 saturated heterocycles. The van der Waals surface area contributed by atoms with Gasteiger partial charge in [0.2, 0.25) is 0 Å². The topological polar surface area (TPSA) is 78.9 Å². The molecular weight excluding hydrogens is 973 g/mol. The maximum absolute atomic E-state index is 12.9. The molecule has 0 bridgehead atoms. The third-order valence-electron chi connectivity index (χ3n) is 14.3. The van der Waals surface area contributed by atoms with Crippen molar-refractivity contribution in [2.45, 2.75) is 322 Å². The Labute approximate surface area is 489 Å². The van der Waals surface area contributed by atoms with E-state index in [1.165, 1.54) is 154 Å². The van der Waals surface area contributed by atoms with Gasteiger partial charge < -0.3 is 14.2 Å². The van der Waals surface area contributed by atoms with E-state index in [4.69, 9.17) is 14.2 Å². The summed E-state index contributed by atoms with van der Waals surface area (Å²) in [6, 6.07) is 0. The molecular formula is C73H124O6. The van der Waals surface area contributed by atoms with Crippen molar-refractivity contribution in [3.8, 4) is 0 Å². The quantitative estimate of drug-likeness (QED) is 0.0261. The van der Waals surface area contributed by atoms with Gasteiger partial charge in [0, 0.05) is 19.3 Å². The first-order valence-electron chi connectivity index (χ1n) is 33.4. The highest BCUT2D eigenvalue weighted by molar-refractivity contribution is 5.71. The fraction of sp³-hybridized carbons (Fsp3) is 0.712. The first-order chi connectivity index (χ1) is 39.0. The fourth-order valence-corrected chi connectivity index (χ4v) is 9.29. The molecule has 0 aromatic rings. The number of unbranched alkanes of at least 4 members (excludes halogenated alkanes) is 31. The molecule has 0 aromatic carbocycles. The van der Waals surface area contributed by atoms with Gasteiger partial charge in [0.1, 0.15) is 13.2 Å². The summed E-state index contributed by atoms with van der Waals surface area (Å²) in [7, 11) is 0. The molecule has 0 heterocycles. The first kappa shape index (κ1) is 75.1. The van der Waals surface area contributed by atoms with Gasteiger partial charge in [0.05, 0.1) is 0 Å². The average Bonchev–Trinajstić information content (AvgIpc) is 3.45. The van der Waals surface area contributed by atoms with E-state index in [0.29, 0.717) is 19.3 Å². The summed E-state index contributed by atoms with van der Waals surface area (Å²) in [6.07, 6.45) is 91.0. The Morgan fingerprint density at radius 3 is 0.835 bits per heavy atom. The number of esters is 3. The van der Waals surface area contributed by atoms with E-state index >= 15 is 0 Å². The maximum atomic E-state index is 12.9. The van der Waals surface area contributed by atoms with Crippen LogP contribution >= 0.6 is 0 Å². The molecule has 452 valence electrons. The molecule has 0 fully saturated rings. The number of carbonyl (C=O) groups excluding carboxylic acids is 3. The highest BCUT2D eigenvalue weighted by Gasteiger charge is 2.19. The summed E-state index contributed by atoms with van der Waals surface area (Å²) in [6.45, 7) is 6.48. The average molecular weight is 1100 g/mol. The number of allylic oxidation sites excluding steroid dienone is 18. The van der Waals surface area contributed by atoms with E-state index in [2.05, 4.69) is 130 Å². The van der Waals surface area contributed by atoms with Crippen LogP contribution in [0.5, 0.6) is 0 Å². The summed E-state index contributed by atoms with van der Waals surface area (Å²) < 4.78 is 16.9. The molecule has 0 aliphatic carbocycles. The van der Waals surface area contributed by atoms with Gasteiger partial charge in [-0.3, -0.25) is 14.4 Å². The van der Waals surface area contributed by atoms with Gasteiger partial charge in [-0.2, -0.15) is 0 Å². The zero-order chi connectivity index (χ0) is 57.1. The van der Waals surface area contributed by atoms with Gasteiger partial charge >= 0.3 is 17.9 Å². The zero-order valence-electron chi connectivity index (χ0n) is 51.9. The Morgan fingerprint density at radius 1 is 0.266 bits per heavy atom. The summed E-state index contributed by atoms with van der Waals surface area (Å²) >= 11 is 0. The Kier molecular flexibility index (Phi) is 63.3. The Hall–Kier alpha value is -3.93. The minimum absolute atomic E-state index is 0.102. The molecule has 0 saturated carbocycles. The number of ether oxygens (including phenoxy) is 3. The molecule has 0 N–H and O–H groups in total. The van der Waals surface area contributed by atoms with Crippen LogP contribution in [0.1, 0.15) is 316 Å². The Balaban J connectivity index is 4.46. The van der Waals surface area contributed by atoms with Crippen LogP contribution in [-0.4, -0.2) is 37.2 Å². The lowest BCUT2D eigenvalue weighted by Crippen LogP contribution is -2.30. The monoisotopic (exact) mass is 1100 g/mol. The molecule has 1 unspecified atom stereocenters. The van der Waals surface area contributed by atoms with Crippen molar-refractivity contribution in [2.75, 3.05) is 13.2 Å². The normalized spacial score (nSPS) is 12.8. The van der Waals surface area contributed by atoms with Crippen LogP contribution in [0.15, 0.2) is 109 Å². The number of hydrogen-bond acceptors (Lipinski definition) is 6.